The third kappa shape index (κ3) is 2.80. The van der Waals surface area contributed by atoms with Gasteiger partial charge in [-0.25, -0.2) is 0 Å². The van der Waals surface area contributed by atoms with Crippen molar-refractivity contribution in [1.29, 1.82) is 0 Å². The highest BCUT2D eigenvalue weighted by molar-refractivity contribution is 6.18. The first-order valence-corrected chi connectivity index (χ1v) is 6.56. The maximum absolute atomic E-state index is 12.3. The van der Waals surface area contributed by atoms with Gasteiger partial charge >= 0.3 is 0 Å². The molecule has 1 aliphatic rings. The summed E-state index contributed by atoms with van der Waals surface area (Å²) in [5.41, 5.74) is 0.388. The average molecular weight is 257 g/mol. The van der Waals surface area contributed by atoms with E-state index in [1.165, 1.54) is 12.8 Å². The zero-order chi connectivity index (χ0) is 12.3. The predicted octanol–water partition coefficient (Wildman–Crippen LogP) is 2.61. The molecule has 1 aliphatic carbocycles. The molecular formula is C12H17ClN2O2. The van der Waals surface area contributed by atoms with E-state index >= 15 is 0 Å². The molecule has 1 aromatic rings. The van der Waals surface area contributed by atoms with Gasteiger partial charge in [-0.1, -0.05) is 18.0 Å². The van der Waals surface area contributed by atoms with Crippen LogP contribution in [-0.4, -0.2) is 34.4 Å². The van der Waals surface area contributed by atoms with E-state index in [1.54, 1.807) is 13.0 Å². The summed E-state index contributed by atoms with van der Waals surface area (Å²) in [5.74, 6) is 1.05. The van der Waals surface area contributed by atoms with Gasteiger partial charge < -0.3 is 9.42 Å². The number of rotatable bonds is 4. The Hall–Kier alpha value is -1.03. The molecule has 0 aliphatic heterocycles. The number of halogens is 1. The van der Waals surface area contributed by atoms with Crippen molar-refractivity contribution in [3.63, 3.8) is 0 Å². The summed E-state index contributed by atoms with van der Waals surface area (Å²) in [4.78, 5) is 14.1. The van der Waals surface area contributed by atoms with E-state index in [1.807, 2.05) is 4.90 Å². The minimum absolute atomic E-state index is 0.0607. The van der Waals surface area contributed by atoms with Crippen molar-refractivity contribution < 1.29 is 9.32 Å². The molecule has 0 aromatic carbocycles. The van der Waals surface area contributed by atoms with Crippen LogP contribution < -0.4 is 0 Å². The predicted molar refractivity (Wildman–Crippen MR) is 65.3 cm³/mol. The Morgan fingerprint density at radius 3 is 2.82 bits per heavy atom. The lowest BCUT2D eigenvalue weighted by atomic mass is 10.2. The van der Waals surface area contributed by atoms with Crippen molar-refractivity contribution in [2.45, 2.75) is 38.6 Å². The SMILES string of the molecule is Cc1cc(C(=O)N(CCCl)C2CCCC2)no1. The van der Waals surface area contributed by atoms with Crippen LogP contribution in [0.25, 0.3) is 0 Å². The molecule has 0 N–H and O–H groups in total. The maximum Gasteiger partial charge on any atom is 0.276 e. The van der Waals surface area contributed by atoms with Crippen LogP contribution in [0, 0.1) is 6.92 Å². The summed E-state index contributed by atoms with van der Waals surface area (Å²) in [6.07, 6.45) is 4.52. The minimum Gasteiger partial charge on any atom is -0.361 e. The van der Waals surface area contributed by atoms with E-state index in [-0.39, 0.29) is 5.91 Å². The second-order valence-corrected chi connectivity index (χ2v) is 4.83. The molecule has 5 heteroatoms. The van der Waals surface area contributed by atoms with Crippen molar-refractivity contribution in [2.24, 2.45) is 0 Å². The highest BCUT2D eigenvalue weighted by Crippen LogP contribution is 2.24. The molecule has 0 saturated heterocycles. The van der Waals surface area contributed by atoms with Crippen LogP contribution in [0.2, 0.25) is 0 Å². The molecule has 1 heterocycles. The van der Waals surface area contributed by atoms with E-state index in [9.17, 15) is 4.79 Å². The Kier molecular flexibility index (Phi) is 4.05. The van der Waals surface area contributed by atoms with E-state index in [0.717, 1.165) is 12.8 Å². The third-order valence-corrected chi connectivity index (χ3v) is 3.37. The van der Waals surface area contributed by atoms with Gasteiger partial charge in [-0.2, -0.15) is 0 Å². The number of alkyl halides is 1. The molecule has 94 valence electrons. The number of carbonyl (C=O) groups is 1. The Morgan fingerprint density at radius 1 is 1.59 bits per heavy atom. The number of nitrogens with zero attached hydrogens (tertiary/aromatic N) is 2. The first-order chi connectivity index (χ1) is 8.22. The first kappa shape index (κ1) is 12.4. The molecule has 0 atom stereocenters. The largest absolute Gasteiger partial charge is 0.361 e. The Morgan fingerprint density at radius 2 is 2.29 bits per heavy atom. The van der Waals surface area contributed by atoms with Crippen molar-refractivity contribution in [3.8, 4) is 0 Å². The summed E-state index contributed by atoms with van der Waals surface area (Å²) in [6, 6.07) is 2.00. The summed E-state index contributed by atoms with van der Waals surface area (Å²) in [5, 5.41) is 3.78. The fourth-order valence-corrected chi connectivity index (χ4v) is 2.55. The van der Waals surface area contributed by atoms with E-state index < -0.39 is 0 Å². The number of hydrogen-bond donors (Lipinski definition) is 0. The Bertz CT molecular complexity index is 386. The van der Waals surface area contributed by atoms with Crippen LogP contribution in [0.3, 0.4) is 0 Å². The maximum atomic E-state index is 12.3. The zero-order valence-corrected chi connectivity index (χ0v) is 10.7. The van der Waals surface area contributed by atoms with E-state index in [4.69, 9.17) is 16.1 Å². The minimum atomic E-state index is -0.0607. The van der Waals surface area contributed by atoms with Crippen LogP contribution >= 0.6 is 11.6 Å². The molecule has 1 amide bonds. The lowest BCUT2D eigenvalue weighted by Crippen LogP contribution is -2.40. The molecule has 0 radical (unpaired) electrons. The van der Waals surface area contributed by atoms with Gasteiger partial charge in [0.25, 0.3) is 5.91 Å². The topological polar surface area (TPSA) is 46.3 Å². The lowest BCUT2D eigenvalue weighted by molar-refractivity contribution is 0.0684. The fraction of sp³-hybridized carbons (Fsp3) is 0.667. The molecular weight excluding hydrogens is 240 g/mol. The van der Waals surface area contributed by atoms with Gasteiger partial charge in [0.05, 0.1) is 0 Å². The van der Waals surface area contributed by atoms with Gasteiger partial charge in [0.2, 0.25) is 0 Å². The van der Waals surface area contributed by atoms with E-state index in [0.29, 0.717) is 29.9 Å². The molecule has 1 aromatic heterocycles. The zero-order valence-electron chi connectivity index (χ0n) is 9.99. The fourth-order valence-electron chi connectivity index (χ4n) is 2.37. The molecule has 17 heavy (non-hydrogen) atoms. The molecule has 0 spiro atoms. The molecule has 0 unspecified atom stereocenters. The highest BCUT2D eigenvalue weighted by Gasteiger charge is 2.28. The van der Waals surface area contributed by atoms with Crippen molar-refractivity contribution in [1.82, 2.24) is 10.1 Å². The third-order valence-electron chi connectivity index (χ3n) is 3.20. The molecule has 4 nitrogen and oxygen atoms in total. The van der Waals surface area contributed by atoms with Gasteiger partial charge in [-0.3, -0.25) is 4.79 Å². The second kappa shape index (κ2) is 5.54. The summed E-state index contributed by atoms with van der Waals surface area (Å²) >= 11 is 5.77. The number of aromatic nitrogens is 1. The quantitative estimate of drug-likeness (QED) is 0.778. The van der Waals surface area contributed by atoms with Crippen LogP contribution in [-0.2, 0) is 0 Å². The van der Waals surface area contributed by atoms with Crippen LogP contribution in [0.1, 0.15) is 41.9 Å². The lowest BCUT2D eigenvalue weighted by Gasteiger charge is -2.27. The smallest absolute Gasteiger partial charge is 0.276 e. The van der Waals surface area contributed by atoms with Crippen molar-refractivity contribution in [2.75, 3.05) is 12.4 Å². The molecule has 1 saturated carbocycles. The van der Waals surface area contributed by atoms with Gasteiger partial charge in [-0.15, -0.1) is 11.6 Å². The standard InChI is InChI=1S/C12H17ClN2O2/c1-9-8-11(14-17-9)12(16)15(7-6-13)10-4-2-3-5-10/h8,10H,2-7H2,1H3. The van der Waals surface area contributed by atoms with Gasteiger partial charge in [0.1, 0.15) is 5.76 Å². The average Bonchev–Trinajstić information content (AvgIpc) is 2.95. The van der Waals surface area contributed by atoms with E-state index in [2.05, 4.69) is 5.16 Å². The Labute approximate surface area is 106 Å². The van der Waals surface area contributed by atoms with Gasteiger partial charge in [0, 0.05) is 24.5 Å². The van der Waals surface area contributed by atoms with Gasteiger partial charge in [-0.05, 0) is 19.8 Å². The number of hydrogen-bond acceptors (Lipinski definition) is 3. The number of carbonyl (C=O) groups excluding carboxylic acids is 1. The number of aryl methyl sites for hydroxylation is 1. The molecule has 2 rings (SSSR count). The van der Waals surface area contributed by atoms with Crippen molar-refractivity contribution >= 4 is 17.5 Å². The van der Waals surface area contributed by atoms with Crippen LogP contribution in [0.15, 0.2) is 10.6 Å². The molecule has 0 bridgehead atoms. The first-order valence-electron chi connectivity index (χ1n) is 6.02. The summed E-state index contributed by atoms with van der Waals surface area (Å²) in [7, 11) is 0. The van der Waals surface area contributed by atoms with Crippen LogP contribution in [0.4, 0.5) is 0 Å². The van der Waals surface area contributed by atoms with Gasteiger partial charge in [0.15, 0.2) is 5.69 Å². The number of amides is 1. The Balaban J connectivity index is 2.12. The summed E-state index contributed by atoms with van der Waals surface area (Å²) in [6.45, 7) is 2.36. The molecule has 1 fully saturated rings. The monoisotopic (exact) mass is 256 g/mol. The highest BCUT2D eigenvalue weighted by atomic mass is 35.5. The van der Waals surface area contributed by atoms with Crippen molar-refractivity contribution in [3.05, 3.63) is 17.5 Å². The normalized spacial score (nSPS) is 16.4. The van der Waals surface area contributed by atoms with Crippen LogP contribution in [0.5, 0.6) is 0 Å². The summed E-state index contributed by atoms with van der Waals surface area (Å²) < 4.78 is 4.95. The second-order valence-electron chi connectivity index (χ2n) is 4.45.